The van der Waals surface area contributed by atoms with Crippen molar-refractivity contribution in [3.05, 3.63) is 0 Å². The molecule has 2 amide bonds. The molecule has 0 aromatic rings. The van der Waals surface area contributed by atoms with Crippen LogP contribution in [0.25, 0.3) is 0 Å². The van der Waals surface area contributed by atoms with Gasteiger partial charge >= 0.3 is 0 Å². The third-order valence-electron chi connectivity index (χ3n) is 3.16. The van der Waals surface area contributed by atoms with E-state index in [4.69, 9.17) is 5.73 Å². The highest BCUT2D eigenvalue weighted by atomic mass is 16.2. The van der Waals surface area contributed by atoms with Crippen molar-refractivity contribution in [1.29, 1.82) is 0 Å². The predicted molar refractivity (Wildman–Crippen MR) is 70.9 cm³/mol. The number of piperazine rings is 1. The van der Waals surface area contributed by atoms with Gasteiger partial charge in [-0.3, -0.25) is 9.59 Å². The molecule has 0 aromatic heterocycles. The second-order valence-corrected chi connectivity index (χ2v) is 5.82. The van der Waals surface area contributed by atoms with Gasteiger partial charge in [0.1, 0.15) is 0 Å². The van der Waals surface area contributed by atoms with Crippen molar-refractivity contribution >= 4 is 11.8 Å². The number of hydrogen-bond acceptors (Lipinski definition) is 3. The summed E-state index contributed by atoms with van der Waals surface area (Å²) in [6.07, 6.45) is 1.25. The van der Waals surface area contributed by atoms with Gasteiger partial charge in [0.15, 0.2) is 0 Å². The van der Waals surface area contributed by atoms with Crippen LogP contribution in [0.4, 0.5) is 0 Å². The Morgan fingerprint density at radius 1 is 1.06 bits per heavy atom. The van der Waals surface area contributed by atoms with Crippen LogP contribution in [-0.2, 0) is 9.59 Å². The van der Waals surface area contributed by atoms with Crippen molar-refractivity contribution in [2.75, 3.05) is 32.7 Å². The van der Waals surface area contributed by atoms with E-state index in [1.165, 1.54) is 0 Å². The Morgan fingerprint density at radius 3 is 2.00 bits per heavy atom. The average molecular weight is 255 g/mol. The average Bonchev–Trinajstić information content (AvgIpc) is 2.34. The van der Waals surface area contributed by atoms with Crippen molar-refractivity contribution in [3.63, 3.8) is 0 Å². The van der Waals surface area contributed by atoms with Gasteiger partial charge in [-0.1, -0.05) is 20.8 Å². The van der Waals surface area contributed by atoms with Gasteiger partial charge in [0.25, 0.3) is 0 Å². The maximum absolute atomic E-state index is 12.1. The fraction of sp³-hybridized carbons (Fsp3) is 0.846. The number of carbonyl (C=O) groups is 2. The SMILES string of the molecule is CC(C)(C)C(=O)N1CCN(C(=O)CCCN)CC1. The van der Waals surface area contributed by atoms with E-state index < -0.39 is 0 Å². The summed E-state index contributed by atoms with van der Waals surface area (Å²) in [5, 5.41) is 0. The van der Waals surface area contributed by atoms with Gasteiger partial charge in [0.05, 0.1) is 0 Å². The fourth-order valence-corrected chi connectivity index (χ4v) is 2.04. The molecular weight excluding hydrogens is 230 g/mol. The molecule has 5 nitrogen and oxygen atoms in total. The molecule has 1 fully saturated rings. The molecule has 0 saturated carbocycles. The Morgan fingerprint density at radius 2 is 1.56 bits per heavy atom. The summed E-state index contributed by atoms with van der Waals surface area (Å²) in [5.74, 6) is 0.319. The minimum absolute atomic E-state index is 0.156. The Bertz CT molecular complexity index is 302. The summed E-state index contributed by atoms with van der Waals surface area (Å²) in [4.78, 5) is 27.6. The van der Waals surface area contributed by atoms with E-state index in [9.17, 15) is 9.59 Å². The molecule has 2 N–H and O–H groups in total. The predicted octanol–water partition coefficient (Wildman–Crippen LogP) is 0.442. The van der Waals surface area contributed by atoms with Crippen LogP contribution in [0.1, 0.15) is 33.6 Å². The number of hydrogen-bond donors (Lipinski definition) is 1. The Kier molecular flexibility index (Phi) is 5.14. The maximum atomic E-state index is 12.1. The summed E-state index contributed by atoms with van der Waals surface area (Å²) >= 11 is 0. The molecule has 0 atom stereocenters. The van der Waals surface area contributed by atoms with Gasteiger partial charge in [-0.05, 0) is 13.0 Å². The van der Waals surface area contributed by atoms with E-state index in [1.807, 2.05) is 30.6 Å². The van der Waals surface area contributed by atoms with Crippen molar-refractivity contribution in [1.82, 2.24) is 9.80 Å². The lowest BCUT2D eigenvalue weighted by Gasteiger charge is -2.37. The normalized spacial score (nSPS) is 16.9. The summed E-state index contributed by atoms with van der Waals surface area (Å²) in [7, 11) is 0. The summed E-state index contributed by atoms with van der Waals surface area (Å²) < 4.78 is 0. The van der Waals surface area contributed by atoms with E-state index >= 15 is 0 Å². The van der Waals surface area contributed by atoms with Crippen molar-refractivity contribution in [2.45, 2.75) is 33.6 Å². The zero-order valence-electron chi connectivity index (χ0n) is 11.7. The number of nitrogens with two attached hydrogens (primary N) is 1. The molecule has 0 bridgehead atoms. The topological polar surface area (TPSA) is 66.6 Å². The van der Waals surface area contributed by atoms with Gasteiger partial charge in [-0.15, -0.1) is 0 Å². The molecule has 18 heavy (non-hydrogen) atoms. The van der Waals surface area contributed by atoms with E-state index in [0.29, 0.717) is 39.1 Å². The van der Waals surface area contributed by atoms with Crippen LogP contribution in [0, 0.1) is 5.41 Å². The molecule has 5 heteroatoms. The summed E-state index contributed by atoms with van der Waals surface area (Å²) in [6.45, 7) is 8.90. The highest BCUT2D eigenvalue weighted by molar-refractivity contribution is 5.82. The quantitative estimate of drug-likeness (QED) is 0.796. The van der Waals surface area contributed by atoms with E-state index in [-0.39, 0.29) is 17.2 Å². The number of nitrogens with zero attached hydrogens (tertiary/aromatic N) is 2. The Hall–Kier alpha value is -1.10. The highest BCUT2D eigenvalue weighted by Gasteiger charge is 2.30. The lowest BCUT2D eigenvalue weighted by Crippen LogP contribution is -2.53. The standard InChI is InChI=1S/C13H25N3O2/c1-13(2,3)12(18)16-9-7-15(8-10-16)11(17)5-4-6-14/h4-10,14H2,1-3H3. The molecule has 104 valence electrons. The summed E-state index contributed by atoms with van der Waals surface area (Å²) in [5.41, 5.74) is 5.05. The molecular formula is C13H25N3O2. The number of rotatable bonds is 3. The lowest BCUT2D eigenvalue weighted by molar-refractivity contribution is -0.144. The third kappa shape index (κ3) is 3.98. The number of amides is 2. The third-order valence-corrected chi connectivity index (χ3v) is 3.16. The van der Waals surface area contributed by atoms with Crippen LogP contribution in [-0.4, -0.2) is 54.3 Å². The van der Waals surface area contributed by atoms with Crippen LogP contribution in [0.5, 0.6) is 0 Å². The highest BCUT2D eigenvalue weighted by Crippen LogP contribution is 2.18. The molecule has 1 aliphatic heterocycles. The van der Waals surface area contributed by atoms with E-state index in [0.717, 1.165) is 6.42 Å². The maximum Gasteiger partial charge on any atom is 0.228 e. The van der Waals surface area contributed by atoms with Gasteiger partial charge in [-0.25, -0.2) is 0 Å². The molecule has 1 saturated heterocycles. The van der Waals surface area contributed by atoms with Crippen LogP contribution < -0.4 is 5.73 Å². The molecule has 0 spiro atoms. The minimum atomic E-state index is -0.342. The molecule has 1 rings (SSSR count). The minimum Gasteiger partial charge on any atom is -0.339 e. The van der Waals surface area contributed by atoms with E-state index in [1.54, 1.807) is 0 Å². The van der Waals surface area contributed by atoms with Crippen molar-refractivity contribution in [2.24, 2.45) is 11.1 Å². The molecule has 0 aliphatic carbocycles. The first-order valence-electron chi connectivity index (χ1n) is 6.63. The first-order valence-corrected chi connectivity index (χ1v) is 6.63. The fourth-order valence-electron chi connectivity index (χ4n) is 2.04. The first-order chi connectivity index (χ1) is 8.36. The summed E-state index contributed by atoms with van der Waals surface area (Å²) in [6, 6.07) is 0. The first kappa shape index (κ1) is 15.0. The molecule has 0 unspecified atom stereocenters. The van der Waals surface area contributed by atoms with Crippen LogP contribution in [0.15, 0.2) is 0 Å². The van der Waals surface area contributed by atoms with Crippen molar-refractivity contribution in [3.8, 4) is 0 Å². The Labute approximate surface area is 109 Å². The van der Waals surface area contributed by atoms with Gasteiger partial charge < -0.3 is 15.5 Å². The molecule has 1 aliphatic rings. The zero-order valence-corrected chi connectivity index (χ0v) is 11.7. The molecule has 1 heterocycles. The van der Waals surface area contributed by atoms with Crippen LogP contribution >= 0.6 is 0 Å². The van der Waals surface area contributed by atoms with Gasteiger partial charge in [-0.2, -0.15) is 0 Å². The monoisotopic (exact) mass is 255 g/mol. The van der Waals surface area contributed by atoms with Gasteiger partial charge in [0, 0.05) is 38.0 Å². The smallest absolute Gasteiger partial charge is 0.228 e. The molecule has 0 aromatic carbocycles. The second-order valence-electron chi connectivity index (χ2n) is 5.82. The zero-order chi connectivity index (χ0) is 13.8. The second kappa shape index (κ2) is 6.18. The number of carbonyl (C=O) groups excluding carboxylic acids is 2. The van der Waals surface area contributed by atoms with Crippen LogP contribution in [0.3, 0.4) is 0 Å². The largest absolute Gasteiger partial charge is 0.339 e. The van der Waals surface area contributed by atoms with Crippen LogP contribution in [0.2, 0.25) is 0 Å². The lowest BCUT2D eigenvalue weighted by atomic mass is 9.94. The Balaban J connectivity index is 2.41. The van der Waals surface area contributed by atoms with E-state index in [2.05, 4.69) is 0 Å². The molecule has 0 radical (unpaired) electrons. The van der Waals surface area contributed by atoms with Crippen molar-refractivity contribution < 1.29 is 9.59 Å². The van der Waals surface area contributed by atoms with Gasteiger partial charge in [0.2, 0.25) is 11.8 Å².